The first-order valence-corrected chi connectivity index (χ1v) is 12.7. The minimum Gasteiger partial charge on any atom is -0.497 e. The maximum atomic E-state index is 13.8. The van der Waals surface area contributed by atoms with Crippen molar-refractivity contribution in [3.63, 3.8) is 0 Å². The third-order valence-electron chi connectivity index (χ3n) is 5.83. The van der Waals surface area contributed by atoms with Crippen molar-refractivity contribution < 1.29 is 14.3 Å². The summed E-state index contributed by atoms with van der Waals surface area (Å²) in [6, 6.07) is 21.5. The van der Waals surface area contributed by atoms with Crippen molar-refractivity contribution in [2.45, 2.75) is 39.3 Å². The number of nitrogens with one attached hydrogen (secondary N) is 1. The van der Waals surface area contributed by atoms with Gasteiger partial charge in [0.1, 0.15) is 11.8 Å². The predicted octanol–water partition coefficient (Wildman–Crippen LogP) is 5.96. The van der Waals surface area contributed by atoms with E-state index in [2.05, 4.69) is 5.32 Å². The minimum atomic E-state index is -0.719. The van der Waals surface area contributed by atoms with Crippen LogP contribution in [-0.4, -0.2) is 36.4 Å². The summed E-state index contributed by atoms with van der Waals surface area (Å²) in [5.74, 6) is 0.624. The number of halogens is 2. The quantitative estimate of drug-likeness (QED) is 0.335. The smallest absolute Gasteiger partial charge is 0.243 e. The van der Waals surface area contributed by atoms with Crippen LogP contribution in [-0.2, 0) is 29.0 Å². The molecule has 0 bridgehead atoms. The minimum absolute atomic E-state index is 0.137. The first-order chi connectivity index (χ1) is 17.3. The van der Waals surface area contributed by atoms with E-state index in [9.17, 15) is 9.59 Å². The summed E-state index contributed by atoms with van der Waals surface area (Å²) in [5, 5.41) is 3.98. The van der Waals surface area contributed by atoms with Crippen LogP contribution >= 0.6 is 23.2 Å². The number of hydrogen-bond acceptors (Lipinski definition) is 3. The van der Waals surface area contributed by atoms with Gasteiger partial charge in [0.25, 0.3) is 0 Å². The fourth-order valence-corrected chi connectivity index (χ4v) is 4.30. The number of ether oxygens (including phenoxy) is 1. The number of methoxy groups -OCH3 is 1. The second-order valence-corrected chi connectivity index (χ2v) is 9.97. The molecule has 0 saturated heterocycles. The highest BCUT2D eigenvalue weighted by molar-refractivity contribution is 6.35. The van der Waals surface area contributed by atoms with E-state index in [1.54, 1.807) is 30.2 Å². The van der Waals surface area contributed by atoms with Crippen molar-refractivity contribution in [3.8, 4) is 5.75 Å². The normalized spacial score (nSPS) is 11.7. The lowest BCUT2D eigenvalue weighted by atomic mass is 10.0. The molecule has 1 atom stereocenters. The van der Waals surface area contributed by atoms with Crippen molar-refractivity contribution in [3.05, 3.63) is 99.5 Å². The SMILES string of the molecule is COc1ccc(CC(=O)N(Cc2ccc(Cl)cc2Cl)C(Cc2ccccc2)C(=O)NCC(C)C)cc1. The van der Waals surface area contributed by atoms with Crippen molar-refractivity contribution >= 4 is 35.0 Å². The molecule has 3 rings (SSSR count). The van der Waals surface area contributed by atoms with Crippen LogP contribution in [0, 0.1) is 5.92 Å². The zero-order valence-corrected chi connectivity index (χ0v) is 22.4. The average Bonchev–Trinajstić information content (AvgIpc) is 2.86. The van der Waals surface area contributed by atoms with E-state index in [0.717, 1.165) is 16.7 Å². The predicted molar refractivity (Wildman–Crippen MR) is 145 cm³/mol. The van der Waals surface area contributed by atoms with Gasteiger partial charge in [-0.2, -0.15) is 0 Å². The fraction of sp³-hybridized carbons (Fsp3) is 0.310. The second kappa shape index (κ2) is 13.3. The number of hydrogen-bond donors (Lipinski definition) is 1. The van der Waals surface area contributed by atoms with Crippen LogP contribution in [0.15, 0.2) is 72.8 Å². The number of amides is 2. The Morgan fingerprint density at radius 3 is 2.25 bits per heavy atom. The summed E-state index contributed by atoms with van der Waals surface area (Å²) >= 11 is 12.6. The molecule has 0 aliphatic carbocycles. The van der Waals surface area contributed by atoms with Gasteiger partial charge in [0.05, 0.1) is 13.5 Å². The lowest BCUT2D eigenvalue weighted by molar-refractivity contribution is -0.140. The van der Waals surface area contributed by atoms with Crippen molar-refractivity contribution in [2.24, 2.45) is 5.92 Å². The molecule has 0 heterocycles. The monoisotopic (exact) mass is 526 g/mol. The van der Waals surface area contributed by atoms with E-state index in [1.807, 2.05) is 68.4 Å². The molecule has 5 nitrogen and oxygen atoms in total. The maximum Gasteiger partial charge on any atom is 0.243 e. The number of rotatable bonds is 11. The number of carbonyl (C=O) groups excluding carboxylic acids is 2. The molecule has 0 aliphatic rings. The summed E-state index contributed by atoms with van der Waals surface area (Å²) in [7, 11) is 1.60. The molecule has 0 radical (unpaired) electrons. The van der Waals surface area contributed by atoms with Gasteiger partial charge in [-0.05, 0) is 46.9 Å². The van der Waals surface area contributed by atoms with Crippen LogP contribution in [0.4, 0.5) is 0 Å². The van der Waals surface area contributed by atoms with E-state index in [0.29, 0.717) is 28.8 Å². The van der Waals surface area contributed by atoms with Gasteiger partial charge in [-0.1, -0.05) is 85.6 Å². The molecule has 0 aliphatic heterocycles. The number of benzene rings is 3. The summed E-state index contributed by atoms with van der Waals surface area (Å²) in [6.45, 7) is 4.77. The lowest BCUT2D eigenvalue weighted by Crippen LogP contribution is -2.51. The van der Waals surface area contributed by atoms with Gasteiger partial charge in [-0.3, -0.25) is 9.59 Å². The molecule has 0 fully saturated rings. The van der Waals surface area contributed by atoms with E-state index in [1.165, 1.54) is 0 Å². The highest BCUT2D eigenvalue weighted by Crippen LogP contribution is 2.25. The van der Waals surface area contributed by atoms with Gasteiger partial charge >= 0.3 is 0 Å². The van der Waals surface area contributed by atoms with Gasteiger partial charge in [-0.25, -0.2) is 0 Å². The van der Waals surface area contributed by atoms with E-state index in [4.69, 9.17) is 27.9 Å². The molecule has 36 heavy (non-hydrogen) atoms. The molecule has 1 unspecified atom stereocenters. The van der Waals surface area contributed by atoms with E-state index < -0.39 is 6.04 Å². The van der Waals surface area contributed by atoms with Gasteiger partial charge in [0.15, 0.2) is 0 Å². The van der Waals surface area contributed by atoms with Crippen molar-refractivity contribution in [2.75, 3.05) is 13.7 Å². The molecule has 3 aromatic carbocycles. The number of carbonyl (C=O) groups is 2. The van der Waals surface area contributed by atoms with Crippen LogP contribution in [0.1, 0.15) is 30.5 Å². The largest absolute Gasteiger partial charge is 0.497 e. The van der Waals surface area contributed by atoms with Gasteiger partial charge in [-0.15, -0.1) is 0 Å². The summed E-state index contributed by atoms with van der Waals surface area (Å²) in [5.41, 5.74) is 2.51. The highest BCUT2D eigenvalue weighted by Gasteiger charge is 2.31. The Bertz CT molecular complexity index is 1150. The average molecular weight is 527 g/mol. The van der Waals surface area contributed by atoms with Crippen LogP contribution in [0.3, 0.4) is 0 Å². The molecular weight excluding hydrogens is 495 g/mol. The first-order valence-electron chi connectivity index (χ1n) is 11.9. The molecule has 0 spiro atoms. The maximum absolute atomic E-state index is 13.8. The Balaban J connectivity index is 1.97. The van der Waals surface area contributed by atoms with Gasteiger partial charge in [0, 0.05) is 29.6 Å². The second-order valence-electron chi connectivity index (χ2n) is 9.13. The fourth-order valence-electron chi connectivity index (χ4n) is 3.83. The molecule has 190 valence electrons. The Labute approximate surface area is 223 Å². The van der Waals surface area contributed by atoms with Crippen LogP contribution in [0.5, 0.6) is 5.75 Å². The van der Waals surface area contributed by atoms with E-state index >= 15 is 0 Å². The van der Waals surface area contributed by atoms with Crippen LogP contribution in [0.2, 0.25) is 10.0 Å². The summed E-state index contributed by atoms with van der Waals surface area (Å²) in [6.07, 6.45) is 0.516. The molecule has 2 amide bonds. The van der Waals surface area contributed by atoms with E-state index in [-0.39, 0.29) is 30.7 Å². The molecule has 7 heteroatoms. The summed E-state index contributed by atoms with van der Waals surface area (Å²) in [4.78, 5) is 28.9. The highest BCUT2D eigenvalue weighted by atomic mass is 35.5. The Kier molecular flexibility index (Phi) is 10.2. The Morgan fingerprint density at radius 1 is 0.944 bits per heavy atom. The van der Waals surface area contributed by atoms with Gasteiger partial charge < -0.3 is 15.0 Å². The van der Waals surface area contributed by atoms with Crippen molar-refractivity contribution in [1.29, 1.82) is 0 Å². The summed E-state index contributed by atoms with van der Waals surface area (Å²) < 4.78 is 5.23. The molecule has 0 aromatic heterocycles. The number of nitrogens with zero attached hydrogens (tertiary/aromatic N) is 1. The van der Waals surface area contributed by atoms with Crippen LogP contribution in [0.25, 0.3) is 0 Å². The lowest BCUT2D eigenvalue weighted by Gasteiger charge is -2.32. The first kappa shape index (κ1) is 27.6. The standard InChI is InChI=1S/C29H32Cl2N2O3/c1-20(2)18-32-29(35)27(15-21-7-5-4-6-8-21)33(19-23-11-12-24(30)17-26(23)31)28(34)16-22-9-13-25(36-3)14-10-22/h4-14,17,20,27H,15-16,18-19H2,1-3H3,(H,32,35). The molecule has 1 N–H and O–H groups in total. The Hall–Kier alpha value is -3.02. The molecule has 3 aromatic rings. The molecular formula is C29H32Cl2N2O3. The van der Waals surface area contributed by atoms with Crippen molar-refractivity contribution in [1.82, 2.24) is 10.2 Å². The topological polar surface area (TPSA) is 58.6 Å². The van der Waals surface area contributed by atoms with Gasteiger partial charge in [0.2, 0.25) is 11.8 Å². The zero-order valence-electron chi connectivity index (χ0n) is 20.8. The third kappa shape index (κ3) is 8.00. The third-order valence-corrected chi connectivity index (χ3v) is 6.41. The zero-order chi connectivity index (χ0) is 26.1. The molecule has 0 saturated carbocycles. The Morgan fingerprint density at radius 2 is 1.64 bits per heavy atom. The van der Waals surface area contributed by atoms with Crippen LogP contribution < -0.4 is 10.1 Å².